The number of nitrogens with one attached hydrogen (secondary N) is 1. The Balaban J connectivity index is 1.99. The zero-order valence-electron chi connectivity index (χ0n) is 15.6. The third-order valence-corrected chi connectivity index (χ3v) is 4.94. The number of hydrogen-bond acceptors (Lipinski definition) is 5. The fourth-order valence-electron chi connectivity index (χ4n) is 2.48. The molecule has 3 aromatic rings. The summed E-state index contributed by atoms with van der Waals surface area (Å²) in [4.78, 5) is 17.3. The zero-order valence-corrected chi connectivity index (χ0v) is 16.4. The van der Waals surface area contributed by atoms with Crippen LogP contribution in [0.4, 0.5) is 5.00 Å². The van der Waals surface area contributed by atoms with Gasteiger partial charge in [0, 0.05) is 11.1 Å². The van der Waals surface area contributed by atoms with Gasteiger partial charge >= 0.3 is 0 Å². The van der Waals surface area contributed by atoms with Crippen molar-refractivity contribution in [3.63, 3.8) is 0 Å². The number of carbonyl (C=O) groups excluding carboxylic acids is 1. The number of anilines is 1. The van der Waals surface area contributed by atoms with Crippen molar-refractivity contribution >= 4 is 27.8 Å². The van der Waals surface area contributed by atoms with E-state index in [9.17, 15) is 10.1 Å². The molecule has 0 radical (unpaired) electrons. The molecular weight excluding hydrogens is 370 g/mol. The predicted molar refractivity (Wildman–Crippen MR) is 112 cm³/mol. The summed E-state index contributed by atoms with van der Waals surface area (Å²) in [6, 6.07) is 19.0. The molecular formula is C22H19N3O2S. The lowest BCUT2D eigenvalue weighted by Gasteiger charge is -2.05. The third kappa shape index (κ3) is 4.45. The van der Waals surface area contributed by atoms with Crippen molar-refractivity contribution in [2.75, 3.05) is 11.9 Å². The minimum atomic E-state index is -0.223. The predicted octanol–water partition coefficient (Wildman–Crippen LogP) is 5.27. The van der Waals surface area contributed by atoms with Crippen LogP contribution in [0.3, 0.4) is 0 Å². The number of aryl methyl sites for hydroxylation is 1. The second kappa shape index (κ2) is 8.98. The molecule has 0 bridgehead atoms. The van der Waals surface area contributed by atoms with Crippen LogP contribution < -0.4 is 5.32 Å². The molecule has 0 aliphatic heterocycles. The number of amides is 1. The van der Waals surface area contributed by atoms with Crippen molar-refractivity contribution in [2.45, 2.75) is 13.8 Å². The van der Waals surface area contributed by atoms with Gasteiger partial charge in [-0.2, -0.15) is 5.26 Å². The average Bonchev–Trinajstić information content (AvgIpc) is 3.13. The van der Waals surface area contributed by atoms with Crippen molar-refractivity contribution in [1.82, 2.24) is 4.98 Å². The number of nitriles is 1. The molecule has 0 fully saturated rings. The molecule has 28 heavy (non-hydrogen) atoms. The molecule has 0 unspecified atom stereocenters. The highest BCUT2D eigenvalue weighted by atomic mass is 32.1. The minimum Gasteiger partial charge on any atom is -0.500 e. The number of rotatable bonds is 6. The maximum Gasteiger partial charge on any atom is 0.256 e. The van der Waals surface area contributed by atoms with Crippen molar-refractivity contribution in [3.05, 3.63) is 77.0 Å². The molecule has 3 rings (SSSR count). The molecule has 1 N–H and O–H groups in total. The fourth-order valence-corrected chi connectivity index (χ4v) is 3.42. The van der Waals surface area contributed by atoms with Crippen LogP contribution in [0.2, 0.25) is 0 Å². The van der Waals surface area contributed by atoms with Crippen molar-refractivity contribution in [2.24, 2.45) is 0 Å². The smallest absolute Gasteiger partial charge is 0.256 e. The van der Waals surface area contributed by atoms with Crippen LogP contribution in [-0.2, 0) is 4.74 Å². The van der Waals surface area contributed by atoms with Crippen LogP contribution in [0.25, 0.3) is 16.8 Å². The third-order valence-electron chi connectivity index (χ3n) is 3.93. The standard InChI is InChI=1S/C22H19N3O2S/c1-3-27-14-18(13-23)21-24-19(16-7-5-4-6-8-16)22(28-21)25-20(26)17-11-9-15(2)10-12-17/h4-12,14H,3H2,1-2H3,(H,25,26)/b18-14-. The average molecular weight is 389 g/mol. The van der Waals surface area contributed by atoms with E-state index in [2.05, 4.69) is 16.4 Å². The van der Waals surface area contributed by atoms with Crippen LogP contribution in [-0.4, -0.2) is 17.5 Å². The maximum atomic E-state index is 12.7. The van der Waals surface area contributed by atoms with E-state index in [1.165, 1.54) is 17.6 Å². The Morgan fingerprint density at radius 3 is 2.57 bits per heavy atom. The number of benzene rings is 2. The maximum absolute atomic E-state index is 12.7. The molecule has 0 saturated heterocycles. The molecule has 1 aromatic heterocycles. The number of nitrogens with zero attached hydrogens (tertiary/aromatic N) is 2. The molecule has 140 valence electrons. The second-order valence-electron chi connectivity index (χ2n) is 5.98. The Bertz CT molecular complexity index is 1030. The van der Waals surface area contributed by atoms with Crippen molar-refractivity contribution in [1.29, 1.82) is 5.26 Å². The Labute approximate surface area is 167 Å². The van der Waals surface area contributed by atoms with Gasteiger partial charge in [-0.15, -0.1) is 0 Å². The topological polar surface area (TPSA) is 75.0 Å². The molecule has 1 amide bonds. The summed E-state index contributed by atoms with van der Waals surface area (Å²) in [5.74, 6) is -0.223. The number of allylic oxidation sites excluding steroid dienone is 1. The van der Waals surface area contributed by atoms with Gasteiger partial charge in [0.15, 0.2) is 0 Å². The monoisotopic (exact) mass is 389 g/mol. The molecule has 2 aromatic carbocycles. The van der Waals surface area contributed by atoms with Crippen molar-refractivity contribution in [3.8, 4) is 17.3 Å². The van der Waals surface area contributed by atoms with Crippen molar-refractivity contribution < 1.29 is 9.53 Å². The van der Waals surface area contributed by atoms with Gasteiger partial charge in [-0.1, -0.05) is 59.4 Å². The first-order valence-electron chi connectivity index (χ1n) is 8.79. The summed E-state index contributed by atoms with van der Waals surface area (Å²) in [6.45, 7) is 4.27. The summed E-state index contributed by atoms with van der Waals surface area (Å²) in [6.07, 6.45) is 1.40. The summed E-state index contributed by atoms with van der Waals surface area (Å²) >= 11 is 1.25. The molecule has 0 atom stereocenters. The number of carbonyl (C=O) groups is 1. The molecule has 0 aliphatic carbocycles. The van der Waals surface area contributed by atoms with Gasteiger partial charge in [0.1, 0.15) is 33.6 Å². The number of thiazole rings is 1. The molecule has 0 saturated carbocycles. The largest absolute Gasteiger partial charge is 0.500 e. The molecule has 0 spiro atoms. The van der Waals surface area contributed by atoms with E-state index in [0.717, 1.165) is 11.1 Å². The Kier molecular flexibility index (Phi) is 6.20. The van der Waals surface area contributed by atoms with E-state index >= 15 is 0 Å². The highest BCUT2D eigenvalue weighted by molar-refractivity contribution is 7.17. The van der Waals surface area contributed by atoms with Gasteiger partial charge in [-0.3, -0.25) is 4.79 Å². The molecule has 0 aliphatic rings. The van der Waals surface area contributed by atoms with E-state index in [1.807, 2.05) is 56.3 Å². The van der Waals surface area contributed by atoms with E-state index < -0.39 is 0 Å². The van der Waals surface area contributed by atoms with E-state index in [4.69, 9.17) is 4.74 Å². The number of hydrogen-bond donors (Lipinski definition) is 1. The lowest BCUT2D eigenvalue weighted by Crippen LogP contribution is -2.11. The van der Waals surface area contributed by atoms with Gasteiger partial charge in [-0.05, 0) is 26.0 Å². The van der Waals surface area contributed by atoms with Crippen LogP contribution in [0.1, 0.15) is 27.9 Å². The molecule has 5 nitrogen and oxygen atoms in total. The first kappa shape index (κ1) is 19.3. The SMILES string of the molecule is CCO/C=C(/C#N)c1nc(-c2ccccc2)c(NC(=O)c2ccc(C)cc2)s1. The van der Waals surface area contributed by atoms with Crippen LogP contribution in [0.5, 0.6) is 0 Å². The van der Waals surface area contributed by atoms with Gasteiger partial charge in [-0.25, -0.2) is 4.98 Å². The normalized spacial score (nSPS) is 11.0. The van der Waals surface area contributed by atoms with E-state index in [-0.39, 0.29) is 5.91 Å². The lowest BCUT2D eigenvalue weighted by atomic mass is 10.1. The first-order valence-corrected chi connectivity index (χ1v) is 9.60. The fraction of sp³-hybridized carbons (Fsp3) is 0.136. The number of aromatic nitrogens is 1. The van der Waals surface area contributed by atoms with Crippen LogP contribution in [0, 0.1) is 18.3 Å². The van der Waals surface area contributed by atoms with E-state index in [0.29, 0.717) is 33.4 Å². The van der Waals surface area contributed by atoms with Gasteiger partial charge in [0.2, 0.25) is 0 Å². The Morgan fingerprint density at radius 2 is 1.93 bits per heavy atom. The van der Waals surface area contributed by atoms with Crippen LogP contribution in [0.15, 0.2) is 60.9 Å². The summed E-state index contributed by atoms with van der Waals surface area (Å²) < 4.78 is 5.25. The summed E-state index contributed by atoms with van der Waals surface area (Å²) in [5.41, 5.74) is 3.45. The molecule has 1 heterocycles. The highest BCUT2D eigenvalue weighted by Crippen LogP contribution is 2.36. The van der Waals surface area contributed by atoms with Gasteiger partial charge < -0.3 is 10.1 Å². The quantitative estimate of drug-likeness (QED) is 0.460. The highest BCUT2D eigenvalue weighted by Gasteiger charge is 2.18. The summed E-state index contributed by atoms with van der Waals surface area (Å²) in [7, 11) is 0. The second-order valence-corrected chi connectivity index (χ2v) is 6.98. The minimum absolute atomic E-state index is 0.223. The van der Waals surface area contributed by atoms with Crippen LogP contribution >= 0.6 is 11.3 Å². The number of ether oxygens (including phenoxy) is 1. The summed E-state index contributed by atoms with van der Waals surface area (Å²) in [5, 5.41) is 13.5. The Morgan fingerprint density at radius 1 is 1.21 bits per heavy atom. The van der Waals surface area contributed by atoms with Gasteiger partial charge in [0.05, 0.1) is 6.61 Å². The lowest BCUT2D eigenvalue weighted by molar-refractivity contribution is 0.102. The first-order chi connectivity index (χ1) is 13.6. The van der Waals surface area contributed by atoms with Gasteiger partial charge in [0.25, 0.3) is 5.91 Å². The molecule has 6 heteroatoms. The Hall–Kier alpha value is -3.43. The van der Waals surface area contributed by atoms with E-state index in [1.54, 1.807) is 12.1 Å². The zero-order chi connectivity index (χ0) is 19.9.